The monoisotopic (exact) mass is 305 g/mol. The summed E-state index contributed by atoms with van der Waals surface area (Å²) >= 11 is 2.06. The first kappa shape index (κ1) is 16.9. The number of hydrogen-bond acceptors (Lipinski definition) is 2. The molecule has 0 bridgehead atoms. The van der Waals surface area contributed by atoms with E-state index in [-0.39, 0.29) is 0 Å². The van der Waals surface area contributed by atoms with E-state index in [0.717, 1.165) is 12.5 Å². The van der Waals surface area contributed by atoms with Crippen molar-refractivity contribution in [2.45, 2.75) is 64.0 Å². The van der Waals surface area contributed by atoms with Gasteiger partial charge in [0, 0.05) is 10.1 Å². The molecule has 1 fully saturated rings. The van der Waals surface area contributed by atoms with Crippen LogP contribution in [-0.4, -0.2) is 11.8 Å². The second-order valence-electron chi connectivity index (χ2n) is 7.77. The molecule has 2 heteroatoms. The molecule has 21 heavy (non-hydrogen) atoms. The minimum atomic E-state index is 0.418. The lowest BCUT2D eigenvalue weighted by molar-refractivity contribution is 0.157. The van der Waals surface area contributed by atoms with Gasteiger partial charge in [0.25, 0.3) is 0 Å². The maximum absolute atomic E-state index is 6.04. The summed E-state index contributed by atoms with van der Waals surface area (Å²) in [5.41, 5.74) is 9.24. The molecule has 1 nitrogen and oxygen atoms in total. The van der Waals surface area contributed by atoms with Gasteiger partial charge in [-0.15, -0.1) is 11.8 Å². The van der Waals surface area contributed by atoms with Crippen LogP contribution in [0.5, 0.6) is 0 Å². The van der Waals surface area contributed by atoms with Crippen molar-refractivity contribution in [2.24, 2.45) is 23.0 Å². The highest BCUT2D eigenvalue weighted by Gasteiger charge is 2.35. The highest BCUT2D eigenvalue weighted by atomic mass is 32.2. The molecule has 0 saturated heterocycles. The Labute approximate surface area is 135 Å². The molecular formula is C19H31NS. The van der Waals surface area contributed by atoms with Gasteiger partial charge in [0.15, 0.2) is 0 Å². The predicted octanol–water partition coefficient (Wildman–Crippen LogP) is 5.19. The van der Waals surface area contributed by atoms with Crippen molar-refractivity contribution in [3.05, 3.63) is 29.3 Å². The zero-order valence-corrected chi connectivity index (χ0v) is 15.1. The van der Waals surface area contributed by atoms with Crippen LogP contribution >= 0.6 is 11.8 Å². The summed E-state index contributed by atoms with van der Waals surface area (Å²) in [6.45, 7) is 12.4. The van der Waals surface area contributed by atoms with Gasteiger partial charge in [-0.2, -0.15) is 0 Å². The summed E-state index contributed by atoms with van der Waals surface area (Å²) < 4.78 is 0. The van der Waals surface area contributed by atoms with Crippen LogP contribution in [-0.2, 0) is 0 Å². The molecule has 1 aromatic carbocycles. The molecule has 118 valence electrons. The second-order valence-corrected chi connectivity index (χ2v) is 9.09. The quantitative estimate of drug-likeness (QED) is 0.832. The Morgan fingerprint density at radius 2 is 1.86 bits per heavy atom. The Bertz CT molecular complexity index is 475. The molecule has 2 rings (SSSR count). The fourth-order valence-corrected chi connectivity index (χ4v) is 4.86. The largest absolute Gasteiger partial charge is 0.330 e. The maximum Gasteiger partial charge on any atom is 0.0137 e. The van der Waals surface area contributed by atoms with Crippen LogP contribution in [0.15, 0.2) is 23.1 Å². The van der Waals surface area contributed by atoms with Gasteiger partial charge in [-0.05, 0) is 80.2 Å². The Kier molecular flexibility index (Phi) is 5.43. The van der Waals surface area contributed by atoms with Crippen LogP contribution in [0.25, 0.3) is 0 Å². The van der Waals surface area contributed by atoms with Crippen LogP contribution in [0.3, 0.4) is 0 Å². The number of hydrogen-bond donors (Lipinski definition) is 1. The van der Waals surface area contributed by atoms with Gasteiger partial charge in [0.05, 0.1) is 0 Å². The minimum Gasteiger partial charge on any atom is -0.330 e. The molecule has 1 aliphatic carbocycles. The smallest absolute Gasteiger partial charge is 0.0137 e. The molecule has 0 radical (unpaired) electrons. The zero-order chi connectivity index (χ0) is 15.6. The molecule has 0 spiro atoms. The average molecular weight is 306 g/mol. The third-order valence-corrected chi connectivity index (χ3v) is 6.63. The fourth-order valence-electron chi connectivity index (χ4n) is 3.35. The first-order valence-electron chi connectivity index (χ1n) is 8.25. The second kappa shape index (κ2) is 6.75. The van der Waals surface area contributed by atoms with Gasteiger partial charge in [0.1, 0.15) is 0 Å². The molecular weight excluding hydrogens is 274 g/mol. The Morgan fingerprint density at radius 3 is 2.43 bits per heavy atom. The van der Waals surface area contributed by atoms with Crippen molar-refractivity contribution in [2.75, 3.05) is 6.54 Å². The van der Waals surface area contributed by atoms with Gasteiger partial charge in [-0.3, -0.25) is 0 Å². The number of nitrogens with two attached hydrogens (primary N) is 1. The van der Waals surface area contributed by atoms with Crippen LogP contribution < -0.4 is 5.73 Å². The van der Waals surface area contributed by atoms with Crippen LogP contribution in [0.4, 0.5) is 0 Å². The number of benzene rings is 1. The van der Waals surface area contributed by atoms with E-state index in [1.807, 2.05) is 0 Å². The average Bonchev–Trinajstić information content (AvgIpc) is 2.42. The van der Waals surface area contributed by atoms with Gasteiger partial charge >= 0.3 is 0 Å². The summed E-state index contributed by atoms with van der Waals surface area (Å²) in [4.78, 5) is 1.41. The lowest BCUT2D eigenvalue weighted by Crippen LogP contribution is -2.36. The first-order valence-corrected chi connectivity index (χ1v) is 9.13. The third-order valence-electron chi connectivity index (χ3n) is 5.22. The van der Waals surface area contributed by atoms with Gasteiger partial charge < -0.3 is 5.73 Å². The Hall–Kier alpha value is -0.470. The standard InChI is InChI=1S/C19H31NS/c1-13-6-9-17(10-14(13)2)21-18-11-16(19(3,4)5)8-7-15(18)12-20/h6,9-10,15-16,18H,7-8,11-12,20H2,1-5H3. The normalized spacial score (nSPS) is 26.9. The molecule has 3 atom stereocenters. The van der Waals surface area contributed by atoms with E-state index in [4.69, 9.17) is 5.73 Å². The lowest BCUT2D eigenvalue weighted by Gasteiger charge is -2.41. The van der Waals surface area contributed by atoms with Crippen molar-refractivity contribution < 1.29 is 0 Å². The highest BCUT2D eigenvalue weighted by Crippen LogP contribution is 2.45. The fraction of sp³-hybridized carbons (Fsp3) is 0.684. The Balaban J connectivity index is 2.12. The topological polar surface area (TPSA) is 26.0 Å². The van der Waals surface area contributed by atoms with E-state index in [9.17, 15) is 0 Å². The molecule has 2 N–H and O–H groups in total. The molecule has 0 aliphatic heterocycles. The van der Waals surface area contributed by atoms with E-state index in [2.05, 4.69) is 64.6 Å². The van der Waals surface area contributed by atoms with Crippen molar-refractivity contribution in [3.63, 3.8) is 0 Å². The summed E-state index contributed by atoms with van der Waals surface area (Å²) in [7, 11) is 0. The molecule has 1 saturated carbocycles. The zero-order valence-electron chi connectivity index (χ0n) is 14.3. The van der Waals surface area contributed by atoms with Crippen molar-refractivity contribution in [3.8, 4) is 0 Å². The summed E-state index contributed by atoms with van der Waals surface area (Å²) in [6.07, 6.45) is 3.94. The lowest BCUT2D eigenvalue weighted by atomic mass is 9.69. The minimum absolute atomic E-state index is 0.418. The van der Waals surface area contributed by atoms with E-state index < -0.39 is 0 Å². The van der Waals surface area contributed by atoms with E-state index in [1.165, 1.54) is 35.3 Å². The van der Waals surface area contributed by atoms with Gasteiger partial charge in [-0.1, -0.05) is 26.8 Å². The number of thioether (sulfide) groups is 1. The first-order chi connectivity index (χ1) is 9.81. The SMILES string of the molecule is Cc1ccc(SC2CC(C(C)(C)C)CCC2CN)cc1C. The predicted molar refractivity (Wildman–Crippen MR) is 94.9 cm³/mol. The van der Waals surface area contributed by atoms with E-state index in [0.29, 0.717) is 16.6 Å². The van der Waals surface area contributed by atoms with Crippen molar-refractivity contribution in [1.29, 1.82) is 0 Å². The molecule has 1 aliphatic rings. The number of rotatable bonds is 3. The Morgan fingerprint density at radius 1 is 1.14 bits per heavy atom. The highest BCUT2D eigenvalue weighted by molar-refractivity contribution is 8.00. The molecule has 1 aromatic rings. The molecule has 0 aromatic heterocycles. The van der Waals surface area contributed by atoms with Gasteiger partial charge in [0.2, 0.25) is 0 Å². The molecule has 3 unspecified atom stereocenters. The van der Waals surface area contributed by atoms with Crippen LogP contribution in [0.2, 0.25) is 0 Å². The van der Waals surface area contributed by atoms with Crippen LogP contribution in [0, 0.1) is 31.1 Å². The van der Waals surface area contributed by atoms with Crippen molar-refractivity contribution >= 4 is 11.8 Å². The van der Waals surface area contributed by atoms with E-state index in [1.54, 1.807) is 0 Å². The number of aryl methyl sites for hydroxylation is 2. The summed E-state index contributed by atoms with van der Waals surface area (Å²) in [5.74, 6) is 1.50. The third kappa shape index (κ3) is 4.26. The molecule has 0 amide bonds. The van der Waals surface area contributed by atoms with Crippen LogP contribution in [0.1, 0.15) is 51.2 Å². The van der Waals surface area contributed by atoms with Gasteiger partial charge in [-0.25, -0.2) is 0 Å². The summed E-state index contributed by atoms with van der Waals surface area (Å²) in [5, 5.41) is 0.676. The van der Waals surface area contributed by atoms with Crippen molar-refractivity contribution in [1.82, 2.24) is 0 Å². The molecule has 0 heterocycles. The maximum atomic E-state index is 6.04. The van der Waals surface area contributed by atoms with E-state index >= 15 is 0 Å². The summed E-state index contributed by atoms with van der Waals surface area (Å²) in [6, 6.07) is 6.87.